The van der Waals surface area contributed by atoms with E-state index in [1.54, 1.807) is 0 Å². The second kappa shape index (κ2) is 6.96. The molecule has 98 valence electrons. The predicted octanol–water partition coefficient (Wildman–Crippen LogP) is 4.90. The van der Waals surface area contributed by atoms with Crippen molar-refractivity contribution in [3.8, 4) is 0 Å². The van der Waals surface area contributed by atoms with E-state index in [1.807, 2.05) is 24.3 Å². The lowest BCUT2D eigenvalue weighted by Gasteiger charge is -2.17. The average molecular weight is 265 g/mol. The molecular formula is C16H21ClO. The van der Waals surface area contributed by atoms with E-state index < -0.39 is 0 Å². The zero-order chi connectivity index (χ0) is 12.8. The largest absolute Gasteiger partial charge is 0.388 e. The van der Waals surface area contributed by atoms with Crippen LogP contribution in [0.2, 0.25) is 5.02 Å². The lowest BCUT2D eigenvalue weighted by molar-refractivity contribution is 0.162. The number of rotatable bonds is 5. The number of benzene rings is 1. The molecule has 0 spiro atoms. The van der Waals surface area contributed by atoms with Gasteiger partial charge in [-0.2, -0.15) is 0 Å². The molecule has 1 aliphatic rings. The summed E-state index contributed by atoms with van der Waals surface area (Å²) < 4.78 is 0. The second-order valence-electron chi connectivity index (χ2n) is 5.12. The van der Waals surface area contributed by atoms with Crippen molar-refractivity contribution in [2.45, 2.75) is 44.6 Å². The Morgan fingerprint density at radius 2 is 2.06 bits per heavy atom. The lowest BCUT2D eigenvalue weighted by Crippen LogP contribution is -2.03. The van der Waals surface area contributed by atoms with Gasteiger partial charge in [0.1, 0.15) is 0 Å². The molecule has 0 radical (unpaired) electrons. The van der Waals surface area contributed by atoms with Gasteiger partial charge in [-0.25, -0.2) is 0 Å². The normalized spacial score (nSPS) is 20.9. The third-order valence-electron chi connectivity index (χ3n) is 3.66. The first-order valence-electron chi connectivity index (χ1n) is 6.86. The van der Waals surface area contributed by atoms with Gasteiger partial charge in [-0.3, -0.25) is 0 Å². The summed E-state index contributed by atoms with van der Waals surface area (Å²) in [5.74, 6) is 0.733. The minimum Gasteiger partial charge on any atom is -0.388 e. The van der Waals surface area contributed by atoms with Crippen molar-refractivity contribution in [3.63, 3.8) is 0 Å². The Bertz CT molecular complexity index is 383. The molecule has 1 N–H and O–H groups in total. The molecule has 0 aromatic heterocycles. The van der Waals surface area contributed by atoms with Crippen molar-refractivity contribution in [2.24, 2.45) is 5.92 Å². The van der Waals surface area contributed by atoms with Gasteiger partial charge in [-0.15, -0.1) is 0 Å². The molecule has 0 heterocycles. The Morgan fingerprint density at radius 3 is 2.72 bits per heavy atom. The van der Waals surface area contributed by atoms with Gasteiger partial charge in [-0.05, 0) is 62.1 Å². The van der Waals surface area contributed by atoms with E-state index in [0.29, 0.717) is 0 Å². The maximum atomic E-state index is 10.1. The summed E-state index contributed by atoms with van der Waals surface area (Å²) in [6.45, 7) is 0. The van der Waals surface area contributed by atoms with Crippen molar-refractivity contribution >= 4 is 11.6 Å². The maximum Gasteiger partial charge on any atom is 0.0790 e. The van der Waals surface area contributed by atoms with Gasteiger partial charge in [0.25, 0.3) is 0 Å². The van der Waals surface area contributed by atoms with Crippen molar-refractivity contribution in [2.75, 3.05) is 0 Å². The highest BCUT2D eigenvalue weighted by atomic mass is 35.5. The molecule has 0 aliphatic heterocycles. The van der Waals surface area contributed by atoms with Crippen LogP contribution in [0.15, 0.2) is 36.4 Å². The minimum absolute atomic E-state index is 0.352. The van der Waals surface area contributed by atoms with E-state index in [2.05, 4.69) is 12.2 Å². The fourth-order valence-electron chi connectivity index (χ4n) is 2.55. The van der Waals surface area contributed by atoms with Crippen molar-refractivity contribution in [1.82, 2.24) is 0 Å². The predicted molar refractivity (Wildman–Crippen MR) is 76.7 cm³/mol. The molecule has 2 atom stereocenters. The van der Waals surface area contributed by atoms with Crippen LogP contribution in [0, 0.1) is 5.92 Å². The summed E-state index contributed by atoms with van der Waals surface area (Å²) in [6.07, 6.45) is 11.3. The molecule has 1 aliphatic carbocycles. The Labute approximate surface area is 114 Å². The highest BCUT2D eigenvalue weighted by Gasteiger charge is 2.11. The van der Waals surface area contributed by atoms with Crippen molar-refractivity contribution in [1.29, 1.82) is 0 Å². The number of hydrogen-bond acceptors (Lipinski definition) is 1. The molecule has 1 nitrogen and oxygen atoms in total. The Balaban J connectivity index is 1.74. The molecule has 0 bridgehead atoms. The standard InChI is InChI=1S/C16H21ClO/c17-15-11-9-14(10-12-15)16(18)8-4-7-13-5-2-1-3-6-13/h2,5,9-13,16,18H,1,3-4,6-8H2. The first-order valence-corrected chi connectivity index (χ1v) is 7.23. The summed E-state index contributed by atoms with van der Waals surface area (Å²) in [4.78, 5) is 0. The van der Waals surface area contributed by atoms with Crippen LogP contribution in [0.3, 0.4) is 0 Å². The molecule has 1 aromatic rings. The molecular weight excluding hydrogens is 244 g/mol. The summed E-state index contributed by atoms with van der Waals surface area (Å²) in [6, 6.07) is 7.50. The summed E-state index contributed by atoms with van der Waals surface area (Å²) in [7, 11) is 0. The highest BCUT2D eigenvalue weighted by Crippen LogP contribution is 2.26. The van der Waals surface area contributed by atoms with Crippen LogP contribution < -0.4 is 0 Å². The van der Waals surface area contributed by atoms with E-state index in [4.69, 9.17) is 11.6 Å². The fourth-order valence-corrected chi connectivity index (χ4v) is 2.67. The Kier molecular flexibility index (Phi) is 5.27. The molecule has 2 heteroatoms. The molecule has 0 amide bonds. The molecule has 1 aromatic carbocycles. The second-order valence-corrected chi connectivity index (χ2v) is 5.55. The van der Waals surface area contributed by atoms with E-state index in [0.717, 1.165) is 29.3 Å². The van der Waals surface area contributed by atoms with Crippen LogP contribution in [-0.4, -0.2) is 5.11 Å². The van der Waals surface area contributed by atoms with Gasteiger partial charge in [-0.1, -0.05) is 35.9 Å². The highest BCUT2D eigenvalue weighted by molar-refractivity contribution is 6.30. The number of hydrogen-bond donors (Lipinski definition) is 1. The van der Waals surface area contributed by atoms with E-state index >= 15 is 0 Å². The number of halogens is 1. The fraction of sp³-hybridized carbons (Fsp3) is 0.500. The van der Waals surface area contributed by atoms with Gasteiger partial charge in [0.2, 0.25) is 0 Å². The van der Waals surface area contributed by atoms with E-state index in [-0.39, 0.29) is 6.10 Å². The smallest absolute Gasteiger partial charge is 0.0790 e. The average Bonchev–Trinajstić information content (AvgIpc) is 2.40. The summed E-state index contributed by atoms with van der Waals surface area (Å²) in [5, 5.41) is 10.8. The van der Waals surface area contributed by atoms with Gasteiger partial charge >= 0.3 is 0 Å². The molecule has 18 heavy (non-hydrogen) atoms. The molecule has 0 fully saturated rings. The van der Waals surface area contributed by atoms with Crippen LogP contribution in [0.1, 0.15) is 50.2 Å². The molecule has 0 saturated carbocycles. The first kappa shape index (κ1) is 13.6. The topological polar surface area (TPSA) is 20.2 Å². The molecule has 0 saturated heterocycles. The van der Waals surface area contributed by atoms with Crippen LogP contribution in [0.5, 0.6) is 0 Å². The Morgan fingerprint density at radius 1 is 1.28 bits per heavy atom. The third-order valence-corrected chi connectivity index (χ3v) is 3.91. The lowest BCUT2D eigenvalue weighted by atomic mass is 9.90. The van der Waals surface area contributed by atoms with Gasteiger partial charge in [0.05, 0.1) is 6.10 Å². The van der Waals surface area contributed by atoms with Crippen LogP contribution in [-0.2, 0) is 0 Å². The summed E-state index contributed by atoms with van der Waals surface area (Å²) >= 11 is 5.83. The number of aliphatic hydroxyl groups excluding tert-OH is 1. The Hall–Kier alpha value is -0.790. The van der Waals surface area contributed by atoms with Crippen LogP contribution >= 0.6 is 11.6 Å². The summed E-state index contributed by atoms with van der Waals surface area (Å²) in [5.41, 5.74) is 0.971. The zero-order valence-corrected chi connectivity index (χ0v) is 11.4. The SMILES string of the molecule is OC(CCCC1C=CCCC1)c1ccc(Cl)cc1. The van der Waals surface area contributed by atoms with Gasteiger partial charge in [0.15, 0.2) is 0 Å². The molecule has 2 rings (SSSR count). The first-order chi connectivity index (χ1) is 8.75. The van der Waals surface area contributed by atoms with Crippen LogP contribution in [0.4, 0.5) is 0 Å². The van der Waals surface area contributed by atoms with E-state index in [1.165, 1.54) is 25.7 Å². The third kappa shape index (κ3) is 4.15. The number of aliphatic hydroxyl groups is 1. The van der Waals surface area contributed by atoms with Crippen molar-refractivity contribution < 1.29 is 5.11 Å². The van der Waals surface area contributed by atoms with Crippen molar-refractivity contribution in [3.05, 3.63) is 47.0 Å². The quantitative estimate of drug-likeness (QED) is 0.750. The maximum absolute atomic E-state index is 10.1. The zero-order valence-electron chi connectivity index (χ0n) is 10.7. The van der Waals surface area contributed by atoms with Gasteiger partial charge in [0, 0.05) is 5.02 Å². The van der Waals surface area contributed by atoms with E-state index in [9.17, 15) is 5.11 Å². The monoisotopic (exact) mass is 264 g/mol. The van der Waals surface area contributed by atoms with Crippen LogP contribution in [0.25, 0.3) is 0 Å². The molecule has 2 unspecified atom stereocenters. The number of allylic oxidation sites excluding steroid dienone is 2. The van der Waals surface area contributed by atoms with Gasteiger partial charge < -0.3 is 5.11 Å². The minimum atomic E-state index is -0.352.